The fraction of sp³-hybridized carbons (Fsp3) is 1.00. The zero-order valence-electron chi connectivity index (χ0n) is 8.50. The van der Waals surface area contributed by atoms with Crippen LogP contribution in [0.3, 0.4) is 0 Å². The molecule has 0 amide bonds. The second-order valence-corrected chi connectivity index (χ2v) is 4.28. The Bertz CT molecular complexity index is 158. The molecule has 13 heavy (non-hydrogen) atoms. The van der Waals surface area contributed by atoms with Gasteiger partial charge in [-0.15, -0.1) is 0 Å². The number of rotatable bonds is 5. The molecular weight excluding hydrogens is 164 g/mol. The summed E-state index contributed by atoms with van der Waals surface area (Å²) in [4.78, 5) is 0. The Morgan fingerprint density at radius 1 is 1.15 bits per heavy atom. The SMILES string of the molecule is CCOCCOC1CC2CCC1C2. The van der Waals surface area contributed by atoms with Gasteiger partial charge >= 0.3 is 0 Å². The van der Waals surface area contributed by atoms with Gasteiger partial charge in [0.2, 0.25) is 0 Å². The van der Waals surface area contributed by atoms with Gasteiger partial charge in [0.25, 0.3) is 0 Å². The lowest BCUT2D eigenvalue weighted by atomic mass is 9.98. The molecule has 0 aromatic rings. The van der Waals surface area contributed by atoms with Gasteiger partial charge in [-0.25, -0.2) is 0 Å². The van der Waals surface area contributed by atoms with Gasteiger partial charge in [-0.05, 0) is 44.4 Å². The number of hydrogen-bond donors (Lipinski definition) is 0. The van der Waals surface area contributed by atoms with Crippen molar-refractivity contribution < 1.29 is 9.47 Å². The Balaban J connectivity index is 1.60. The van der Waals surface area contributed by atoms with Crippen LogP contribution in [-0.2, 0) is 9.47 Å². The van der Waals surface area contributed by atoms with Crippen LogP contribution < -0.4 is 0 Å². The normalized spacial score (nSPS) is 37.2. The highest BCUT2D eigenvalue weighted by atomic mass is 16.5. The van der Waals surface area contributed by atoms with Gasteiger partial charge in [-0.2, -0.15) is 0 Å². The minimum Gasteiger partial charge on any atom is -0.379 e. The molecule has 2 heteroatoms. The molecule has 3 unspecified atom stereocenters. The van der Waals surface area contributed by atoms with Gasteiger partial charge < -0.3 is 9.47 Å². The van der Waals surface area contributed by atoms with Crippen LogP contribution in [0.15, 0.2) is 0 Å². The topological polar surface area (TPSA) is 18.5 Å². The number of fused-ring (bicyclic) bond motifs is 2. The molecule has 0 spiro atoms. The van der Waals surface area contributed by atoms with E-state index in [0.717, 1.165) is 31.7 Å². The molecule has 2 aliphatic carbocycles. The highest BCUT2D eigenvalue weighted by Gasteiger charge is 2.39. The average Bonchev–Trinajstić information content (AvgIpc) is 2.73. The van der Waals surface area contributed by atoms with Crippen molar-refractivity contribution in [3.05, 3.63) is 0 Å². The highest BCUT2D eigenvalue weighted by Crippen LogP contribution is 2.45. The van der Waals surface area contributed by atoms with Gasteiger partial charge in [-0.1, -0.05) is 0 Å². The van der Waals surface area contributed by atoms with Crippen molar-refractivity contribution in [1.82, 2.24) is 0 Å². The van der Waals surface area contributed by atoms with E-state index in [1.165, 1.54) is 25.7 Å². The third kappa shape index (κ3) is 2.23. The van der Waals surface area contributed by atoms with Crippen molar-refractivity contribution in [1.29, 1.82) is 0 Å². The molecule has 0 aromatic carbocycles. The molecule has 76 valence electrons. The fourth-order valence-electron chi connectivity index (χ4n) is 2.79. The van der Waals surface area contributed by atoms with E-state index in [2.05, 4.69) is 0 Å². The first-order chi connectivity index (χ1) is 6.40. The third-order valence-electron chi connectivity index (χ3n) is 3.44. The van der Waals surface area contributed by atoms with Crippen molar-refractivity contribution in [2.45, 2.75) is 38.7 Å². The standard InChI is InChI=1S/C11H20O2/c1-2-12-5-6-13-11-8-9-3-4-10(11)7-9/h9-11H,2-8H2,1H3. The van der Waals surface area contributed by atoms with Crippen molar-refractivity contribution in [2.24, 2.45) is 11.8 Å². The lowest BCUT2D eigenvalue weighted by Crippen LogP contribution is -2.22. The lowest BCUT2D eigenvalue weighted by Gasteiger charge is -2.21. The predicted molar refractivity (Wildman–Crippen MR) is 51.7 cm³/mol. The van der Waals surface area contributed by atoms with Crippen LogP contribution in [0.4, 0.5) is 0 Å². The van der Waals surface area contributed by atoms with Crippen molar-refractivity contribution in [3.63, 3.8) is 0 Å². The zero-order valence-corrected chi connectivity index (χ0v) is 8.50. The first-order valence-electron chi connectivity index (χ1n) is 5.59. The van der Waals surface area contributed by atoms with Gasteiger partial charge in [0.05, 0.1) is 19.3 Å². The maximum atomic E-state index is 5.81. The molecule has 0 radical (unpaired) electrons. The molecule has 2 fully saturated rings. The first kappa shape index (κ1) is 9.47. The maximum absolute atomic E-state index is 5.81. The van der Waals surface area contributed by atoms with E-state index in [0.29, 0.717) is 6.10 Å². The van der Waals surface area contributed by atoms with Gasteiger partial charge in [-0.3, -0.25) is 0 Å². The van der Waals surface area contributed by atoms with Gasteiger partial charge in [0, 0.05) is 6.61 Å². The molecule has 2 nitrogen and oxygen atoms in total. The molecule has 2 rings (SSSR count). The Labute approximate surface area is 80.6 Å². The molecule has 3 atom stereocenters. The molecule has 0 saturated heterocycles. The van der Waals surface area contributed by atoms with Crippen LogP contribution in [0.25, 0.3) is 0 Å². The second kappa shape index (κ2) is 4.43. The van der Waals surface area contributed by atoms with Crippen LogP contribution in [0.5, 0.6) is 0 Å². The summed E-state index contributed by atoms with van der Waals surface area (Å²) in [6.45, 7) is 4.39. The largest absolute Gasteiger partial charge is 0.379 e. The van der Waals surface area contributed by atoms with Crippen molar-refractivity contribution >= 4 is 0 Å². The Morgan fingerprint density at radius 2 is 2.08 bits per heavy atom. The van der Waals surface area contributed by atoms with Crippen LogP contribution in [-0.4, -0.2) is 25.9 Å². The van der Waals surface area contributed by atoms with E-state index < -0.39 is 0 Å². The zero-order chi connectivity index (χ0) is 9.10. The molecule has 0 aromatic heterocycles. The Kier molecular flexibility index (Phi) is 3.23. The van der Waals surface area contributed by atoms with Crippen LogP contribution in [0.1, 0.15) is 32.6 Å². The predicted octanol–water partition coefficient (Wildman–Crippen LogP) is 2.23. The van der Waals surface area contributed by atoms with Crippen LogP contribution >= 0.6 is 0 Å². The van der Waals surface area contributed by atoms with E-state index in [4.69, 9.17) is 9.47 Å². The van der Waals surface area contributed by atoms with Crippen molar-refractivity contribution in [3.8, 4) is 0 Å². The van der Waals surface area contributed by atoms with E-state index in [9.17, 15) is 0 Å². The third-order valence-corrected chi connectivity index (χ3v) is 3.44. The van der Waals surface area contributed by atoms with E-state index in [1.807, 2.05) is 6.92 Å². The average molecular weight is 184 g/mol. The summed E-state index contributed by atoms with van der Waals surface area (Å²) in [5.74, 6) is 1.87. The quantitative estimate of drug-likeness (QED) is 0.610. The fourth-order valence-corrected chi connectivity index (χ4v) is 2.79. The molecular formula is C11H20O2. The highest BCUT2D eigenvalue weighted by molar-refractivity contribution is 4.90. The smallest absolute Gasteiger partial charge is 0.0704 e. The van der Waals surface area contributed by atoms with Gasteiger partial charge in [0.15, 0.2) is 0 Å². The second-order valence-electron chi connectivity index (χ2n) is 4.28. The molecule has 0 aliphatic heterocycles. The summed E-state index contributed by atoms with van der Waals surface area (Å²) in [6, 6.07) is 0. The summed E-state index contributed by atoms with van der Waals surface area (Å²) in [7, 11) is 0. The molecule has 0 N–H and O–H groups in total. The number of hydrogen-bond acceptors (Lipinski definition) is 2. The van der Waals surface area contributed by atoms with Gasteiger partial charge in [0.1, 0.15) is 0 Å². The summed E-state index contributed by atoms with van der Waals surface area (Å²) in [6.07, 6.45) is 6.18. The minimum atomic E-state index is 0.569. The monoisotopic (exact) mass is 184 g/mol. The summed E-state index contributed by atoms with van der Waals surface area (Å²) in [5.41, 5.74) is 0. The number of ether oxygens (including phenoxy) is 2. The molecule has 2 aliphatic rings. The summed E-state index contributed by atoms with van der Waals surface area (Å²) >= 11 is 0. The minimum absolute atomic E-state index is 0.569. The van der Waals surface area contributed by atoms with E-state index >= 15 is 0 Å². The van der Waals surface area contributed by atoms with E-state index in [1.54, 1.807) is 0 Å². The van der Waals surface area contributed by atoms with E-state index in [-0.39, 0.29) is 0 Å². The molecule has 2 bridgehead atoms. The maximum Gasteiger partial charge on any atom is 0.0704 e. The van der Waals surface area contributed by atoms with Crippen LogP contribution in [0, 0.1) is 11.8 Å². The lowest BCUT2D eigenvalue weighted by molar-refractivity contribution is -0.0164. The Hall–Kier alpha value is -0.0800. The first-order valence-corrected chi connectivity index (χ1v) is 5.59. The Morgan fingerprint density at radius 3 is 2.69 bits per heavy atom. The molecule has 0 heterocycles. The summed E-state index contributed by atoms with van der Waals surface area (Å²) < 4.78 is 11.1. The van der Waals surface area contributed by atoms with Crippen LogP contribution in [0.2, 0.25) is 0 Å². The summed E-state index contributed by atoms with van der Waals surface area (Å²) in [5, 5.41) is 0. The molecule has 2 saturated carbocycles. The van der Waals surface area contributed by atoms with Crippen molar-refractivity contribution in [2.75, 3.05) is 19.8 Å².